The molecule has 2 aromatic carbocycles. The van der Waals surface area contributed by atoms with E-state index in [9.17, 15) is 18.0 Å². The number of nitrogens with one attached hydrogen (secondary N) is 1. The van der Waals surface area contributed by atoms with Crippen LogP contribution in [0.3, 0.4) is 0 Å². The highest BCUT2D eigenvalue weighted by Gasteiger charge is 2.49. The maximum atomic E-state index is 13.6. The van der Waals surface area contributed by atoms with Crippen molar-refractivity contribution < 1.29 is 22.7 Å². The van der Waals surface area contributed by atoms with Gasteiger partial charge in [-0.05, 0) is 81.2 Å². The van der Waals surface area contributed by atoms with Crippen LogP contribution in [-0.4, -0.2) is 40.7 Å². The minimum absolute atomic E-state index is 0.0301. The van der Waals surface area contributed by atoms with Crippen LogP contribution < -0.4 is 15.0 Å². The number of anilines is 1. The van der Waals surface area contributed by atoms with Crippen LogP contribution in [0.5, 0.6) is 5.75 Å². The van der Waals surface area contributed by atoms with Gasteiger partial charge in [-0.3, -0.25) is 9.69 Å². The molecule has 0 spiro atoms. The number of hydrogen-bond acceptors (Lipinski definition) is 5. The van der Waals surface area contributed by atoms with Crippen molar-refractivity contribution in [2.24, 2.45) is 0 Å². The predicted molar refractivity (Wildman–Crippen MR) is 154 cm³/mol. The van der Waals surface area contributed by atoms with Crippen LogP contribution in [0.15, 0.2) is 42.5 Å². The Kier molecular flexibility index (Phi) is 10.2. The number of hydrogen-bond donors (Lipinski definition) is 1. The number of nitrogens with zero attached hydrogens (tertiary/aromatic N) is 3. The number of halogens is 3. The summed E-state index contributed by atoms with van der Waals surface area (Å²) < 4.78 is 46.7. The average molecular weight is 575 g/mol. The Morgan fingerprint density at radius 1 is 1.12 bits per heavy atom. The Balaban J connectivity index is 1.75. The van der Waals surface area contributed by atoms with E-state index in [-0.39, 0.29) is 30.0 Å². The molecule has 1 aliphatic rings. The second-order valence-corrected chi connectivity index (χ2v) is 10.8. The van der Waals surface area contributed by atoms with E-state index in [1.807, 2.05) is 18.2 Å². The molecule has 0 aromatic heterocycles. The molecule has 0 saturated carbocycles. The van der Waals surface area contributed by atoms with Gasteiger partial charge < -0.3 is 15.0 Å². The molecular formula is C30H37F3N4O2S. The Morgan fingerprint density at radius 3 is 2.42 bits per heavy atom. The SMILES string of the molecule is CCC[C@H](NC(CC)CC)c1cccc(OCCN2C(=S)N(c3ccc(C#N)c(C(F)(F)F)c3)C(=O)C2(C)C)c1. The minimum Gasteiger partial charge on any atom is -0.492 e. The number of benzene rings is 2. The molecule has 3 rings (SSSR count). The Hall–Kier alpha value is -3.16. The van der Waals surface area contributed by atoms with Crippen molar-refractivity contribution in [2.45, 2.75) is 84.1 Å². The van der Waals surface area contributed by atoms with Crippen LogP contribution in [0.1, 0.15) is 83.0 Å². The molecule has 1 amide bonds. The molecule has 1 fully saturated rings. The van der Waals surface area contributed by atoms with Gasteiger partial charge in [-0.15, -0.1) is 0 Å². The summed E-state index contributed by atoms with van der Waals surface area (Å²) in [5, 5.41) is 12.9. The summed E-state index contributed by atoms with van der Waals surface area (Å²) in [6.45, 7) is 10.3. The van der Waals surface area contributed by atoms with E-state index in [0.29, 0.717) is 11.8 Å². The summed E-state index contributed by atoms with van der Waals surface area (Å²) in [5.74, 6) is 0.241. The van der Waals surface area contributed by atoms with E-state index in [1.165, 1.54) is 6.07 Å². The molecule has 10 heteroatoms. The molecule has 1 saturated heterocycles. The Morgan fingerprint density at radius 2 is 1.82 bits per heavy atom. The van der Waals surface area contributed by atoms with E-state index in [0.717, 1.165) is 48.3 Å². The molecular weight excluding hydrogens is 537 g/mol. The summed E-state index contributed by atoms with van der Waals surface area (Å²) in [5.41, 5.74) is -1.61. The van der Waals surface area contributed by atoms with Crippen molar-refractivity contribution in [2.75, 3.05) is 18.1 Å². The van der Waals surface area contributed by atoms with Crippen molar-refractivity contribution in [1.29, 1.82) is 5.26 Å². The van der Waals surface area contributed by atoms with Crippen LogP contribution in [0.25, 0.3) is 0 Å². The predicted octanol–water partition coefficient (Wildman–Crippen LogP) is 6.99. The lowest BCUT2D eigenvalue weighted by Gasteiger charge is -2.29. The van der Waals surface area contributed by atoms with Gasteiger partial charge >= 0.3 is 6.18 Å². The first kappa shape index (κ1) is 31.4. The minimum atomic E-state index is -4.75. The highest BCUT2D eigenvalue weighted by Crippen LogP contribution is 2.38. The van der Waals surface area contributed by atoms with E-state index in [4.69, 9.17) is 22.2 Å². The van der Waals surface area contributed by atoms with Gasteiger partial charge in [0.2, 0.25) is 0 Å². The summed E-state index contributed by atoms with van der Waals surface area (Å²) in [6.07, 6.45) is -0.608. The summed E-state index contributed by atoms with van der Waals surface area (Å²) >= 11 is 5.57. The lowest BCUT2D eigenvalue weighted by Crippen LogP contribution is -2.45. The van der Waals surface area contributed by atoms with Gasteiger partial charge in [0.05, 0.1) is 29.4 Å². The third kappa shape index (κ3) is 6.76. The summed E-state index contributed by atoms with van der Waals surface area (Å²) in [4.78, 5) is 16.1. The number of thiocarbonyl (C=S) groups is 1. The first-order chi connectivity index (χ1) is 18.9. The number of alkyl halides is 3. The highest BCUT2D eigenvalue weighted by atomic mass is 32.1. The zero-order chi connectivity index (χ0) is 29.7. The number of carbonyl (C=O) groups is 1. The maximum Gasteiger partial charge on any atom is 0.417 e. The molecule has 1 N–H and O–H groups in total. The van der Waals surface area contributed by atoms with Crippen LogP contribution in [0.4, 0.5) is 18.9 Å². The fourth-order valence-electron chi connectivity index (χ4n) is 4.96. The van der Waals surface area contributed by atoms with Gasteiger partial charge in [-0.25, -0.2) is 0 Å². The number of carbonyl (C=O) groups excluding carboxylic acids is 1. The van der Waals surface area contributed by atoms with E-state index in [2.05, 4.69) is 32.2 Å². The molecule has 1 heterocycles. The largest absolute Gasteiger partial charge is 0.492 e. The van der Waals surface area contributed by atoms with Crippen molar-refractivity contribution in [1.82, 2.24) is 10.2 Å². The Labute approximate surface area is 240 Å². The monoisotopic (exact) mass is 574 g/mol. The van der Waals surface area contributed by atoms with Crippen molar-refractivity contribution >= 4 is 28.9 Å². The van der Waals surface area contributed by atoms with Crippen LogP contribution in [0, 0.1) is 11.3 Å². The van der Waals surface area contributed by atoms with Gasteiger partial charge in [0.1, 0.15) is 17.9 Å². The van der Waals surface area contributed by atoms with Crippen LogP contribution in [0.2, 0.25) is 0 Å². The third-order valence-corrected chi connectivity index (χ3v) is 7.76. The summed E-state index contributed by atoms with van der Waals surface area (Å²) in [7, 11) is 0. The van der Waals surface area contributed by atoms with Gasteiger partial charge in [-0.1, -0.05) is 39.3 Å². The second kappa shape index (κ2) is 13.0. The normalized spacial score (nSPS) is 16.0. The molecule has 0 bridgehead atoms. The number of ether oxygens (including phenoxy) is 1. The molecule has 2 aromatic rings. The first-order valence-corrected chi connectivity index (χ1v) is 14.1. The fraction of sp³-hybridized carbons (Fsp3) is 0.500. The molecule has 0 radical (unpaired) electrons. The number of amides is 1. The molecule has 40 heavy (non-hydrogen) atoms. The van der Waals surface area contributed by atoms with E-state index < -0.39 is 28.7 Å². The maximum absolute atomic E-state index is 13.6. The van der Waals surface area contributed by atoms with Gasteiger partial charge in [0.15, 0.2) is 5.11 Å². The molecule has 216 valence electrons. The number of rotatable bonds is 12. The first-order valence-electron chi connectivity index (χ1n) is 13.6. The fourth-order valence-corrected chi connectivity index (χ4v) is 5.47. The van der Waals surface area contributed by atoms with Gasteiger partial charge in [0, 0.05) is 12.1 Å². The van der Waals surface area contributed by atoms with Crippen molar-refractivity contribution in [3.63, 3.8) is 0 Å². The second-order valence-electron chi connectivity index (χ2n) is 10.4. The van der Waals surface area contributed by atoms with Crippen molar-refractivity contribution in [3.8, 4) is 11.8 Å². The molecule has 6 nitrogen and oxygen atoms in total. The zero-order valence-corrected chi connectivity index (χ0v) is 24.5. The van der Waals surface area contributed by atoms with E-state index in [1.54, 1.807) is 24.8 Å². The quantitative estimate of drug-likeness (QED) is 0.276. The molecule has 0 unspecified atom stereocenters. The van der Waals surface area contributed by atoms with Crippen LogP contribution >= 0.6 is 12.2 Å². The lowest BCUT2D eigenvalue weighted by atomic mass is 10.00. The highest BCUT2D eigenvalue weighted by molar-refractivity contribution is 7.80. The topological polar surface area (TPSA) is 68.6 Å². The number of nitriles is 1. The van der Waals surface area contributed by atoms with Gasteiger partial charge in [0.25, 0.3) is 5.91 Å². The average Bonchev–Trinajstić information content (AvgIpc) is 3.09. The van der Waals surface area contributed by atoms with E-state index >= 15 is 0 Å². The van der Waals surface area contributed by atoms with Crippen LogP contribution in [-0.2, 0) is 11.0 Å². The Bertz CT molecular complexity index is 1250. The zero-order valence-electron chi connectivity index (χ0n) is 23.6. The lowest BCUT2D eigenvalue weighted by molar-refractivity contribution is -0.137. The van der Waals surface area contributed by atoms with Crippen molar-refractivity contribution in [3.05, 3.63) is 59.2 Å². The molecule has 1 atom stereocenters. The molecule has 0 aliphatic carbocycles. The standard InChI is InChI=1S/C30H37F3N4O2S/c1-6-10-26(35-22(7-2)8-3)20-11-9-12-24(17-20)39-16-15-36-28(40)37(27(38)29(36,4)5)23-14-13-21(19-34)25(18-23)30(31,32)33/h9,11-14,17-18,22,26,35H,6-8,10,15-16H2,1-5H3/t26-/m0/s1. The van der Waals surface area contributed by atoms with Gasteiger partial charge in [-0.2, -0.15) is 18.4 Å². The molecule has 1 aliphatic heterocycles. The third-order valence-electron chi connectivity index (χ3n) is 7.35. The smallest absolute Gasteiger partial charge is 0.417 e. The summed E-state index contributed by atoms with van der Waals surface area (Å²) in [6, 6.07) is 13.3.